The zero-order valence-corrected chi connectivity index (χ0v) is 10.9. The van der Waals surface area contributed by atoms with E-state index in [-0.39, 0.29) is 6.61 Å². The van der Waals surface area contributed by atoms with Crippen LogP contribution >= 0.6 is 0 Å². The molecule has 20 heavy (non-hydrogen) atoms. The van der Waals surface area contributed by atoms with Crippen molar-refractivity contribution < 1.29 is 19.7 Å². The van der Waals surface area contributed by atoms with Crippen LogP contribution in [-0.2, 0) is 9.47 Å². The Morgan fingerprint density at radius 2 is 2.30 bits per heavy atom. The molecule has 1 fully saturated rings. The lowest BCUT2D eigenvalue weighted by Gasteiger charge is -2.20. The number of nitrogen functional groups attached to an aromatic ring is 1. The molecule has 4 N–H and O–H groups in total. The van der Waals surface area contributed by atoms with Gasteiger partial charge in [0.1, 0.15) is 36.1 Å². The van der Waals surface area contributed by atoms with Crippen LogP contribution in [0.5, 0.6) is 0 Å². The zero-order chi connectivity index (χ0) is 14.3. The molecular formula is C12H16N4O4. The highest BCUT2D eigenvalue weighted by Gasteiger charge is 2.45. The number of aromatic nitrogens is 3. The second-order valence-corrected chi connectivity index (χ2v) is 4.66. The molecule has 8 nitrogen and oxygen atoms in total. The second-order valence-electron chi connectivity index (χ2n) is 4.66. The monoisotopic (exact) mass is 280 g/mol. The lowest BCUT2D eigenvalue weighted by molar-refractivity contribution is -0.0580. The summed E-state index contributed by atoms with van der Waals surface area (Å²) in [6.45, 7) is -0.284. The van der Waals surface area contributed by atoms with Crippen molar-refractivity contribution in [2.24, 2.45) is 0 Å². The maximum Gasteiger partial charge on any atom is 0.164 e. The minimum absolute atomic E-state index is 0.284. The van der Waals surface area contributed by atoms with Gasteiger partial charge >= 0.3 is 0 Å². The third-order valence-electron chi connectivity index (χ3n) is 3.58. The molecule has 1 unspecified atom stereocenters. The van der Waals surface area contributed by atoms with Crippen molar-refractivity contribution in [3.05, 3.63) is 18.6 Å². The molecule has 8 heteroatoms. The fourth-order valence-corrected chi connectivity index (χ4v) is 2.54. The van der Waals surface area contributed by atoms with Crippen LogP contribution in [0.15, 0.2) is 18.6 Å². The Bertz CT molecular complexity index is 617. The summed E-state index contributed by atoms with van der Waals surface area (Å²) >= 11 is 0. The molecule has 0 saturated carbocycles. The normalized spacial score (nSPS) is 30.1. The number of fused-ring (bicyclic) bond motifs is 1. The lowest BCUT2D eigenvalue weighted by atomic mass is 10.1. The predicted octanol–water partition coefficient (Wildman–Crippen LogP) is -0.721. The number of nitrogens with zero attached hydrogens (tertiary/aromatic N) is 3. The Morgan fingerprint density at radius 3 is 3.00 bits per heavy atom. The lowest BCUT2D eigenvalue weighted by Crippen LogP contribution is -2.34. The van der Waals surface area contributed by atoms with Crippen LogP contribution in [0.4, 0.5) is 5.82 Å². The molecule has 0 aromatic carbocycles. The molecule has 2 aromatic rings. The first-order valence-electron chi connectivity index (χ1n) is 6.21. The highest BCUT2D eigenvalue weighted by molar-refractivity contribution is 5.86. The first-order chi connectivity index (χ1) is 9.67. The van der Waals surface area contributed by atoms with E-state index in [9.17, 15) is 10.2 Å². The van der Waals surface area contributed by atoms with E-state index in [2.05, 4.69) is 9.97 Å². The molecule has 108 valence electrons. The largest absolute Gasteiger partial charge is 0.394 e. The molecule has 0 amide bonds. The third-order valence-corrected chi connectivity index (χ3v) is 3.58. The number of anilines is 1. The van der Waals surface area contributed by atoms with E-state index in [4.69, 9.17) is 15.2 Å². The van der Waals surface area contributed by atoms with Crippen molar-refractivity contribution in [1.29, 1.82) is 0 Å². The Hall–Kier alpha value is -1.74. The number of aliphatic hydroxyl groups is 2. The van der Waals surface area contributed by atoms with Crippen LogP contribution in [0.2, 0.25) is 0 Å². The molecule has 1 aliphatic heterocycles. The zero-order valence-electron chi connectivity index (χ0n) is 10.9. The van der Waals surface area contributed by atoms with Crippen molar-refractivity contribution in [3.8, 4) is 0 Å². The summed E-state index contributed by atoms with van der Waals surface area (Å²) in [5, 5.41) is 20.0. The number of nitrogens with two attached hydrogens (primary N) is 1. The van der Waals surface area contributed by atoms with Crippen molar-refractivity contribution in [1.82, 2.24) is 14.5 Å². The molecule has 2 aromatic heterocycles. The summed E-state index contributed by atoms with van der Waals surface area (Å²) < 4.78 is 12.7. The topological polar surface area (TPSA) is 116 Å². The highest BCUT2D eigenvalue weighted by Crippen LogP contribution is 2.34. The number of aliphatic hydroxyl groups excluding tert-OH is 2. The van der Waals surface area contributed by atoms with Gasteiger partial charge in [-0.2, -0.15) is 0 Å². The highest BCUT2D eigenvalue weighted by atomic mass is 16.6. The van der Waals surface area contributed by atoms with Gasteiger partial charge in [0.25, 0.3) is 0 Å². The van der Waals surface area contributed by atoms with E-state index in [1.54, 1.807) is 16.8 Å². The minimum atomic E-state index is -0.911. The van der Waals surface area contributed by atoms with Gasteiger partial charge in [0.15, 0.2) is 6.23 Å². The van der Waals surface area contributed by atoms with Crippen LogP contribution in [0, 0.1) is 0 Å². The molecule has 3 rings (SSSR count). The molecule has 0 radical (unpaired) electrons. The molecule has 4 atom stereocenters. The molecule has 0 bridgehead atoms. The summed E-state index contributed by atoms with van der Waals surface area (Å²) in [7, 11) is 1.49. The smallest absolute Gasteiger partial charge is 0.164 e. The van der Waals surface area contributed by atoms with E-state index >= 15 is 0 Å². The maximum atomic E-state index is 10.1. The number of ether oxygens (including phenoxy) is 2. The summed E-state index contributed by atoms with van der Waals surface area (Å²) in [4.78, 5) is 8.11. The van der Waals surface area contributed by atoms with E-state index < -0.39 is 24.5 Å². The predicted molar refractivity (Wildman–Crippen MR) is 69.7 cm³/mol. The van der Waals surface area contributed by atoms with Gasteiger partial charge in [0.05, 0.1) is 12.0 Å². The standard InChI is InChI=1S/C12H16N4O4/c1-19-9-8(18)7(4-17)20-12(9)16-3-2-6-10(13)14-5-15-11(6)16/h2-3,5,7-9,12,17-18H,4H2,1H3,(H2,13,14,15)/t7-,8?,9-,12-/m1/s1. The Labute approximate surface area is 114 Å². The molecule has 0 spiro atoms. The maximum absolute atomic E-state index is 10.1. The van der Waals surface area contributed by atoms with Crippen molar-refractivity contribution in [2.45, 2.75) is 24.5 Å². The fraction of sp³-hybridized carbons (Fsp3) is 0.500. The van der Waals surface area contributed by atoms with Gasteiger partial charge in [0.2, 0.25) is 0 Å². The molecular weight excluding hydrogens is 264 g/mol. The molecule has 0 aliphatic carbocycles. The third kappa shape index (κ3) is 1.85. The van der Waals surface area contributed by atoms with Gasteiger partial charge in [-0.3, -0.25) is 0 Å². The van der Waals surface area contributed by atoms with Crippen LogP contribution in [-0.4, -0.2) is 56.8 Å². The van der Waals surface area contributed by atoms with Gasteiger partial charge in [-0.15, -0.1) is 0 Å². The van der Waals surface area contributed by atoms with Crippen molar-refractivity contribution in [3.63, 3.8) is 0 Å². The first kappa shape index (κ1) is 13.3. The number of rotatable bonds is 3. The van der Waals surface area contributed by atoms with Crippen molar-refractivity contribution >= 4 is 16.9 Å². The van der Waals surface area contributed by atoms with Crippen LogP contribution in [0.25, 0.3) is 11.0 Å². The Balaban J connectivity index is 2.04. The first-order valence-corrected chi connectivity index (χ1v) is 6.21. The minimum Gasteiger partial charge on any atom is -0.394 e. The van der Waals surface area contributed by atoms with Gasteiger partial charge in [-0.25, -0.2) is 9.97 Å². The van der Waals surface area contributed by atoms with E-state index in [1.807, 2.05) is 0 Å². The Morgan fingerprint density at radius 1 is 1.50 bits per heavy atom. The number of methoxy groups -OCH3 is 1. The fourth-order valence-electron chi connectivity index (χ4n) is 2.54. The summed E-state index contributed by atoms with van der Waals surface area (Å²) in [5.41, 5.74) is 6.38. The number of hydrogen-bond donors (Lipinski definition) is 3. The molecule has 3 heterocycles. The van der Waals surface area contributed by atoms with Crippen LogP contribution in [0.1, 0.15) is 6.23 Å². The van der Waals surface area contributed by atoms with Gasteiger partial charge in [-0.1, -0.05) is 0 Å². The SMILES string of the molecule is CO[C@@H]1C(O)[C@@H](CO)O[C@H]1n1ccc2c(N)ncnc21. The van der Waals surface area contributed by atoms with E-state index in [0.29, 0.717) is 16.9 Å². The molecule has 1 saturated heterocycles. The quantitative estimate of drug-likeness (QED) is 0.679. The van der Waals surface area contributed by atoms with Crippen LogP contribution < -0.4 is 5.73 Å². The van der Waals surface area contributed by atoms with E-state index in [0.717, 1.165) is 0 Å². The van der Waals surface area contributed by atoms with Gasteiger partial charge in [-0.05, 0) is 6.07 Å². The second kappa shape index (κ2) is 4.98. The molecule has 1 aliphatic rings. The van der Waals surface area contributed by atoms with E-state index in [1.165, 1.54) is 13.4 Å². The Kier molecular flexibility index (Phi) is 3.30. The number of hydrogen-bond acceptors (Lipinski definition) is 7. The van der Waals surface area contributed by atoms with Gasteiger partial charge in [0, 0.05) is 13.3 Å². The summed E-state index contributed by atoms with van der Waals surface area (Å²) in [6.07, 6.45) is 0.329. The average Bonchev–Trinajstić information content (AvgIpc) is 3.00. The van der Waals surface area contributed by atoms with Gasteiger partial charge < -0.3 is 30.0 Å². The average molecular weight is 280 g/mol. The summed E-state index contributed by atoms with van der Waals surface area (Å²) in [6, 6.07) is 1.78. The van der Waals surface area contributed by atoms with Crippen molar-refractivity contribution in [2.75, 3.05) is 19.5 Å². The summed E-state index contributed by atoms with van der Waals surface area (Å²) in [5.74, 6) is 0.375. The van der Waals surface area contributed by atoms with Crippen LogP contribution in [0.3, 0.4) is 0 Å².